The number of hydrogen-bond acceptors (Lipinski definition) is 6. The first-order chi connectivity index (χ1) is 16.0. The van der Waals surface area contributed by atoms with Crippen molar-refractivity contribution in [2.75, 3.05) is 43.9 Å². The fourth-order valence-corrected chi connectivity index (χ4v) is 5.46. The Kier molecular flexibility index (Phi) is 4.58. The van der Waals surface area contributed by atoms with Crippen molar-refractivity contribution < 1.29 is 4.39 Å². The molecule has 0 amide bonds. The van der Waals surface area contributed by atoms with Gasteiger partial charge in [0.05, 0.1) is 17.1 Å². The van der Waals surface area contributed by atoms with Crippen LogP contribution in [0.3, 0.4) is 0 Å². The normalized spacial score (nSPS) is 20.6. The highest BCUT2D eigenvalue weighted by atomic mass is 19.1. The molecular formula is C25H26FN7. The minimum atomic E-state index is -0.208. The van der Waals surface area contributed by atoms with Crippen LogP contribution in [0.15, 0.2) is 48.7 Å². The van der Waals surface area contributed by atoms with Crippen molar-refractivity contribution in [3.05, 3.63) is 60.3 Å². The van der Waals surface area contributed by atoms with Crippen LogP contribution in [0.5, 0.6) is 0 Å². The number of hydrogen-bond donors (Lipinski definition) is 1. The third-order valence-corrected chi connectivity index (χ3v) is 6.95. The van der Waals surface area contributed by atoms with Gasteiger partial charge in [-0.15, -0.1) is 0 Å². The molecule has 0 aliphatic carbocycles. The zero-order chi connectivity index (χ0) is 22.7. The summed E-state index contributed by atoms with van der Waals surface area (Å²) in [7, 11) is 2.17. The molecule has 168 valence electrons. The van der Waals surface area contributed by atoms with Crippen LogP contribution >= 0.6 is 0 Å². The lowest BCUT2D eigenvalue weighted by Crippen LogP contribution is -2.27. The second-order valence-corrected chi connectivity index (χ2v) is 9.29. The maximum Gasteiger partial charge on any atom is 0.165 e. The van der Waals surface area contributed by atoms with Gasteiger partial charge in [0.15, 0.2) is 5.65 Å². The number of imidazole rings is 1. The minimum absolute atomic E-state index is 0.208. The molecular weight excluding hydrogens is 417 g/mol. The predicted octanol–water partition coefficient (Wildman–Crippen LogP) is 3.51. The second kappa shape index (κ2) is 7.52. The van der Waals surface area contributed by atoms with Crippen molar-refractivity contribution in [2.24, 2.45) is 11.8 Å². The molecule has 0 bridgehead atoms. The van der Waals surface area contributed by atoms with Crippen LogP contribution in [0.2, 0.25) is 0 Å². The molecule has 6 rings (SSSR count). The van der Waals surface area contributed by atoms with Gasteiger partial charge in [-0.2, -0.15) is 0 Å². The van der Waals surface area contributed by atoms with Gasteiger partial charge in [-0.1, -0.05) is 0 Å². The van der Waals surface area contributed by atoms with E-state index in [1.165, 1.54) is 0 Å². The van der Waals surface area contributed by atoms with Crippen molar-refractivity contribution in [3.63, 3.8) is 0 Å². The van der Waals surface area contributed by atoms with E-state index in [0.29, 0.717) is 34.7 Å². The van der Waals surface area contributed by atoms with E-state index in [2.05, 4.69) is 26.8 Å². The number of nitrogens with two attached hydrogens (primary N) is 1. The molecule has 0 saturated carbocycles. The Morgan fingerprint density at radius 2 is 1.76 bits per heavy atom. The number of aromatic nitrogens is 4. The van der Waals surface area contributed by atoms with E-state index in [1.807, 2.05) is 41.8 Å². The smallest absolute Gasteiger partial charge is 0.165 e. The van der Waals surface area contributed by atoms with Gasteiger partial charge < -0.3 is 15.5 Å². The highest BCUT2D eigenvalue weighted by Crippen LogP contribution is 2.35. The number of fused-ring (bicyclic) bond motifs is 2. The van der Waals surface area contributed by atoms with Crippen LogP contribution in [-0.2, 0) is 0 Å². The van der Waals surface area contributed by atoms with Crippen LogP contribution in [0.1, 0.15) is 5.82 Å². The number of rotatable bonds is 3. The van der Waals surface area contributed by atoms with Gasteiger partial charge in [0.1, 0.15) is 23.0 Å². The summed E-state index contributed by atoms with van der Waals surface area (Å²) in [6.45, 7) is 5.93. The lowest BCUT2D eigenvalue weighted by Gasteiger charge is -2.22. The van der Waals surface area contributed by atoms with Crippen molar-refractivity contribution in [1.82, 2.24) is 24.4 Å². The van der Waals surface area contributed by atoms with Gasteiger partial charge in [-0.05, 0) is 62.2 Å². The van der Waals surface area contributed by atoms with Crippen molar-refractivity contribution >= 4 is 22.7 Å². The zero-order valence-electron chi connectivity index (χ0n) is 18.7. The maximum atomic E-state index is 15.3. The number of nitrogens with zero attached hydrogens (tertiary/aromatic N) is 6. The Hall–Kier alpha value is -3.52. The summed E-state index contributed by atoms with van der Waals surface area (Å²) < 4.78 is 17.2. The lowest BCUT2D eigenvalue weighted by atomic mass is 10.0. The van der Waals surface area contributed by atoms with E-state index in [-0.39, 0.29) is 5.82 Å². The molecule has 2 aliphatic rings. The number of halogens is 1. The molecule has 4 aromatic rings. The molecule has 2 atom stereocenters. The summed E-state index contributed by atoms with van der Waals surface area (Å²) in [5, 5.41) is 0. The fourth-order valence-electron chi connectivity index (χ4n) is 5.46. The van der Waals surface area contributed by atoms with Gasteiger partial charge in [0, 0.05) is 44.0 Å². The molecule has 0 unspecified atom stereocenters. The fraction of sp³-hybridized carbons (Fsp3) is 0.320. The maximum absolute atomic E-state index is 15.3. The SMILES string of the molecule is Cc1nc2ccc(-c3ccnc(N)c3)nc2n1-c1ccc(N2C[C@H]3CN(C)C[C@H]3C2)c(F)c1. The van der Waals surface area contributed by atoms with Crippen molar-refractivity contribution in [3.8, 4) is 16.9 Å². The quantitative estimate of drug-likeness (QED) is 0.522. The molecule has 2 saturated heterocycles. The standard InChI is InChI=1S/C25H26FN7/c1-15-29-22-5-4-21(16-7-8-28-24(27)9-16)30-25(22)33(15)19-3-6-23(20(26)10-19)32-13-17-11-31(2)12-18(17)14-32/h3-10,17-18H,11-14H2,1-2H3,(H2,27,28)/t17-,18+. The molecule has 7 nitrogen and oxygen atoms in total. The molecule has 0 radical (unpaired) electrons. The third-order valence-electron chi connectivity index (χ3n) is 6.95. The highest BCUT2D eigenvalue weighted by Gasteiger charge is 2.39. The number of likely N-dealkylation sites (tertiary alicyclic amines) is 1. The van der Waals surface area contributed by atoms with Gasteiger partial charge in [0.2, 0.25) is 0 Å². The predicted molar refractivity (Wildman–Crippen MR) is 128 cm³/mol. The Labute approximate surface area is 191 Å². The van der Waals surface area contributed by atoms with Crippen LogP contribution < -0.4 is 10.6 Å². The molecule has 2 aliphatic heterocycles. The molecule has 2 fully saturated rings. The Bertz CT molecular complexity index is 1350. The number of nitrogen functional groups attached to an aromatic ring is 1. The summed E-state index contributed by atoms with van der Waals surface area (Å²) in [4.78, 5) is 18.1. The molecule has 3 aromatic heterocycles. The Balaban J connectivity index is 1.36. The highest BCUT2D eigenvalue weighted by molar-refractivity contribution is 5.78. The van der Waals surface area contributed by atoms with Gasteiger partial charge in [0.25, 0.3) is 0 Å². The number of benzene rings is 1. The molecule has 1 aromatic carbocycles. The number of anilines is 2. The summed E-state index contributed by atoms with van der Waals surface area (Å²) in [6, 6.07) is 13.0. The first-order valence-corrected chi connectivity index (χ1v) is 11.3. The molecule has 33 heavy (non-hydrogen) atoms. The summed E-state index contributed by atoms with van der Waals surface area (Å²) in [5.41, 5.74) is 10.3. The van der Waals surface area contributed by atoms with E-state index in [9.17, 15) is 0 Å². The zero-order valence-corrected chi connectivity index (χ0v) is 18.7. The topological polar surface area (TPSA) is 76.1 Å². The summed E-state index contributed by atoms with van der Waals surface area (Å²) in [5.74, 6) is 2.24. The van der Waals surface area contributed by atoms with Gasteiger partial charge in [-0.3, -0.25) is 4.57 Å². The average molecular weight is 444 g/mol. The number of pyridine rings is 2. The number of aryl methyl sites for hydroxylation is 1. The first kappa shape index (κ1) is 20.1. The molecule has 8 heteroatoms. The molecule has 2 N–H and O–H groups in total. The van der Waals surface area contributed by atoms with Crippen LogP contribution in [0, 0.1) is 24.6 Å². The molecule has 0 spiro atoms. The van der Waals surface area contributed by atoms with Crippen LogP contribution in [0.25, 0.3) is 28.1 Å². The van der Waals surface area contributed by atoms with E-state index < -0.39 is 0 Å². The average Bonchev–Trinajstić information content (AvgIpc) is 3.43. The monoisotopic (exact) mass is 443 g/mol. The Morgan fingerprint density at radius 3 is 2.48 bits per heavy atom. The minimum Gasteiger partial charge on any atom is -0.384 e. The first-order valence-electron chi connectivity index (χ1n) is 11.3. The van der Waals surface area contributed by atoms with E-state index in [4.69, 9.17) is 10.7 Å². The lowest BCUT2D eigenvalue weighted by molar-refractivity contribution is 0.386. The van der Waals surface area contributed by atoms with Gasteiger partial charge in [-0.25, -0.2) is 19.3 Å². The van der Waals surface area contributed by atoms with E-state index in [1.54, 1.807) is 18.3 Å². The van der Waals surface area contributed by atoms with Crippen molar-refractivity contribution in [1.29, 1.82) is 0 Å². The largest absolute Gasteiger partial charge is 0.384 e. The van der Waals surface area contributed by atoms with E-state index >= 15 is 4.39 Å². The second-order valence-electron chi connectivity index (χ2n) is 9.29. The van der Waals surface area contributed by atoms with Gasteiger partial charge >= 0.3 is 0 Å². The van der Waals surface area contributed by atoms with Crippen molar-refractivity contribution in [2.45, 2.75) is 6.92 Å². The molecule has 5 heterocycles. The summed E-state index contributed by atoms with van der Waals surface area (Å²) >= 11 is 0. The third kappa shape index (κ3) is 3.41. The van der Waals surface area contributed by atoms with E-state index in [0.717, 1.165) is 48.8 Å². The summed E-state index contributed by atoms with van der Waals surface area (Å²) in [6.07, 6.45) is 1.66. The van der Waals surface area contributed by atoms with Crippen LogP contribution in [-0.4, -0.2) is 57.6 Å². The van der Waals surface area contributed by atoms with Crippen LogP contribution in [0.4, 0.5) is 15.9 Å². The Morgan fingerprint density at radius 1 is 0.970 bits per heavy atom.